The first kappa shape index (κ1) is 29.0. The van der Waals surface area contributed by atoms with Crippen LogP contribution in [0.3, 0.4) is 0 Å². The maximum atomic E-state index is 5.86. The van der Waals surface area contributed by atoms with Crippen molar-refractivity contribution in [3.63, 3.8) is 0 Å². The molecule has 6 heteroatoms. The van der Waals surface area contributed by atoms with Gasteiger partial charge in [-0.25, -0.2) is 0 Å². The van der Waals surface area contributed by atoms with E-state index in [1.165, 1.54) is 0 Å². The Morgan fingerprint density at radius 2 is 0.622 bits per heavy atom. The van der Waals surface area contributed by atoms with E-state index in [1.807, 2.05) is 54.6 Å². The molecule has 200 valence electrons. The molecule has 0 atom stereocenters. The minimum Gasteiger partial charge on any atom is -0.379 e. The summed E-state index contributed by atoms with van der Waals surface area (Å²) in [5.41, 5.74) is 3.48. The van der Waals surface area contributed by atoms with Crippen LogP contribution >= 0.6 is 0 Å². The van der Waals surface area contributed by atoms with Crippen molar-refractivity contribution < 1.29 is 28.4 Å². The van der Waals surface area contributed by atoms with Gasteiger partial charge in [0.2, 0.25) is 0 Å². The Bertz CT molecular complexity index is 784. The highest BCUT2D eigenvalue weighted by Crippen LogP contribution is 2.05. The molecular formula is C31H40O6. The van der Waals surface area contributed by atoms with E-state index in [9.17, 15) is 0 Å². The highest BCUT2D eigenvalue weighted by Gasteiger charge is 2.10. The molecule has 3 aromatic carbocycles. The zero-order chi connectivity index (χ0) is 25.6. The molecule has 0 unspecified atom stereocenters. The average molecular weight is 509 g/mol. The zero-order valence-corrected chi connectivity index (χ0v) is 21.7. The predicted octanol–water partition coefficient (Wildman–Crippen LogP) is 5.30. The van der Waals surface area contributed by atoms with Gasteiger partial charge in [-0.15, -0.1) is 0 Å². The van der Waals surface area contributed by atoms with Gasteiger partial charge in [0.1, 0.15) is 0 Å². The summed E-state index contributed by atoms with van der Waals surface area (Å²) in [5, 5.41) is 0. The van der Waals surface area contributed by atoms with E-state index in [2.05, 4.69) is 36.4 Å². The molecule has 37 heavy (non-hydrogen) atoms. The van der Waals surface area contributed by atoms with Crippen LogP contribution < -0.4 is 0 Å². The minimum absolute atomic E-state index is 0.123. The summed E-state index contributed by atoms with van der Waals surface area (Å²) in [5.74, 6) is 0.123. The SMILES string of the molecule is c1ccc(COCCOCC(COCCOCc2ccccc2)COCCOCc2ccccc2)cc1. The first-order valence-electron chi connectivity index (χ1n) is 13.0. The average Bonchev–Trinajstić information content (AvgIpc) is 2.95. The van der Waals surface area contributed by atoms with Crippen LogP contribution in [0.1, 0.15) is 16.7 Å². The van der Waals surface area contributed by atoms with Gasteiger partial charge in [-0.1, -0.05) is 91.0 Å². The lowest BCUT2D eigenvalue weighted by Crippen LogP contribution is -2.24. The lowest BCUT2D eigenvalue weighted by atomic mass is 10.2. The summed E-state index contributed by atoms with van der Waals surface area (Å²) in [6, 6.07) is 30.4. The molecule has 0 N–H and O–H groups in total. The Labute approximate surface area is 221 Å². The molecule has 0 aliphatic rings. The van der Waals surface area contributed by atoms with Crippen LogP contribution in [0.25, 0.3) is 0 Å². The molecule has 6 nitrogen and oxygen atoms in total. The Morgan fingerprint density at radius 3 is 0.919 bits per heavy atom. The summed E-state index contributed by atoms with van der Waals surface area (Å²) in [7, 11) is 0. The summed E-state index contributed by atoms with van der Waals surface area (Å²) in [4.78, 5) is 0. The van der Waals surface area contributed by atoms with Crippen LogP contribution in [-0.4, -0.2) is 59.5 Å². The summed E-state index contributed by atoms with van der Waals surface area (Å²) >= 11 is 0. The van der Waals surface area contributed by atoms with Crippen molar-refractivity contribution in [3.05, 3.63) is 108 Å². The maximum absolute atomic E-state index is 5.86. The highest BCUT2D eigenvalue weighted by atomic mass is 16.5. The molecule has 0 aliphatic carbocycles. The van der Waals surface area contributed by atoms with Gasteiger partial charge in [0, 0.05) is 5.92 Å². The second kappa shape index (κ2) is 19.5. The number of ether oxygens (including phenoxy) is 6. The minimum atomic E-state index is 0.123. The molecule has 0 heterocycles. The zero-order valence-electron chi connectivity index (χ0n) is 21.7. The Morgan fingerprint density at radius 1 is 0.351 bits per heavy atom. The van der Waals surface area contributed by atoms with Gasteiger partial charge in [-0.3, -0.25) is 0 Å². The molecule has 0 fully saturated rings. The van der Waals surface area contributed by atoms with E-state index in [4.69, 9.17) is 28.4 Å². The number of hydrogen-bond acceptors (Lipinski definition) is 6. The lowest BCUT2D eigenvalue weighted by Gasteiger charge is -2.18. The molecule has 0 aromatic heterocycles. The van der Waals surface area contributed by atoms with Gasteiger partial charge >= 0.3 is 0 Å². The Hall–Kier alpha value is -2.58. The Kier molecular flexibility index (Phi) is 15.3. The third-order valence-electron chi connectivity index (χ3n) is 5.51. The fourth-order valence-electron chi connectivity index (χ4n) is 3.54. The van der Waals surface area contributed by atoms with Gasteiger partial charge < -0.3 is 28.4 Å². The van der Waals surface area contributed by atoms with Gasteiger partial charge in [-0.2, -0.15) is 0 Å². The van der Waals surface area contributed by atoms with Crippen LogP contribution in [0.4, 0.5) is 0 Å². The molecule has 0 saturated carbocycles. The van der Waals surface area contributed by atoms with Crippen LogP contribution in [0, 0.1) is 5.92 Å². The van der Waals surface area contributed by atoms with Crippen LogP contribution in [0.5, 0.6) is 0 Å². The molecule has 0 spiro atoms. The largest absolute Gasteiger partial charge is 0.379 e. The van der Waals surface area contributed by atoms with E-state index in [0.717, 1.165) is 16.7 Å². The van der Waals surface area contributed by atoms with E-state index in [1.54, 1.807) is 0 Å². The van der Waals surface area contributed by atoms with Crippen molar-refractivity contribution in [2.45, 2.75) is 19.8 Å². The fourth-order valence-corrected chi connectivity index (χ4v) is 3.54. The first-order chi connectivity index (χ1) is 18.4. The molecular weight excluding hydrogens is 468 g/mol. The normalized spacial score (nSPS) is 11.3. The van der Waals surface area contributed by atoms with Gasteiger partial charge in [-0.05, 0) is 16.7 Å². The molecule has 0 radical (unpaired) electrons. The second-order valence-electron chi connectivity index (χ2n) is 8.71. The maximum Gasteiger partial charge on any atom is 0.0718 e. The molecule has 0 aliphatic heterocycles. The third-order valence-corrected chi connectivity index (χ3v) is 5.51. The van der Waals surface area contributed by atoms with Crippen molar-refractivity contribution in [1.82, 2.24) is 0 Å². The van der Waals surface area contributed by atoms with Gasteiger partial charge in [0.05, 0.1) is 79.3 Å². The monoisotopic (exact) mass is 508 g/mol. The van der Waals surface area contributed by atoms with Crippen molar-refractivity contribution in [1.29, 1.82) is 0 Å². The fraction of sp³-hybridized carbons (Fsp3) is 0.419. The molecule has 3 rings (SSSR count). The van der Waals surface area contributed by atoms with E-state index >= 15 is 0 Å². The predicted molar refractivity (Wildman–Crippen MR) is 144 cm³/mol. The number of hydrogen-bond donors (Lipinski definition) is 0. The standard InChI is InChI=1S/C31H40O6/c1-4-10-28(11-5-1)22-32-16-19-35-25-31(26-36-20-17-33-23-29-12-6-2-7-13-29)27-37-21-18-34-24-30-14-8-3-9-15-30/h1-15,31H,16-27H2. The lowest BCUT2D eigenvalue weighted by molar-refractivity contribution is -0.0397. The third kappa shape index (κ3) is 14.1. The van der Waals surface area contributed by atoms with Crippen LogP contribution in [0.15, 0.2) is 91.0 Å². The van der Waals surface area contributed by atoms with Gasteiger partial charge in [0.15, 0.2) is 0 Å². The van der Waals surface area contributed by atoms with E-state index in [-0.39, 0.29) is 5.92 Å². The summed E-state index contributed by atoms with van der Waals surface area (Å²) in [6.07, 6.45) is 0. The molecule has 0 bridgehead atoms. The topological polar surface area (TPSA) is 55.4 Å². The molecule has 0 amide bonds. The van der Waals surface area contributed by atoms with Crippen molar-refractivity contribution in [2.24, 2.45) is 5.92 Å². The van der Waals surface area contributed by atoms with E-state index in [0.29, 0.717) is 79.3 Å². The van der Waals surface area contributed by atoms with Crippen LogP contribution in [0.2, 0.25) is 0 Å². The summed E-state index contributed by atoms with van der Waals surface area (Å²) in [6.45, 7) is 6.64. The second-order valence-corrected chi connectivity index (χ2v) is 8.71. The van der Waals surface area contributed by atoms with Crippen molar-refractivity contribution in [3.8, 4) is 0 Å². The van der Waals surface area contributed by atoms with E-state index < -0.39 is 0 Å². The Balaban J connectivity index is 1.26. The number of rotatable bonds is 21. The van der Waals surface area contributed by atoms with Gasteiger partial charge in [0.25, 0.3) is 0 Å². The van der Waals surface area contributed by atoms with Crippen molar-refractivity contribution >= 4 is 0 Å². The quantitative estimate of drug-likeness (QED) is 0.182. The highest BCUT2D eigenvalue weighted by molar-refractivity contribution is 5.14. The smallest absolute Gasteiger partial charge is 0.0718 e. The summed E-state index contributed by atoms with van der Waals surface area (Å²) < 4.78 is 34.7. The van der Waals surface area contributed by atoms with Crippen molar-refractivity contribution in [2.75, 3.05) is 59.5 Å². The first-order valence-corrected chi connectivity index (χ1v) is 13.0. The number of benzene rings is 3. The molecule has 0 saturated heterocycles. The van der Waals surface area contributed by atoms with Crippen LogP contribution in [-0.2, 0) is 48.2 Å². The molecule has 3 aromatic rings.